The lowest BCUT2D eigenvalue weighted by Gasteiger charge is -2.64. The first-order valence-electron chi connectivity index (χ1n) is 14.1. The number of likely N-dealkylation sites (N-methyl/N-ethyl adjacent to an activating group) is 1. The number of nitrogens with zero attached hydrogens (tertiary/aromatic N) is 2. The molecule has 5 aliphatic rings. The van der Waals surface area contributed by atoms with E-state index in [1.807, 2.05) is 6.07 Å². The number of phenols is 1. The molecule has 3 unspecified atom stereocenters. The predicted octanol–water partition coefficient (Wildman–Crippen LogP) is 4.52. The highest BCUT2D eigenvalue weighted by Gasteiger charge is 2.73. The van der Waals surface area contributed by atoms with Gasteiger partial charge in [0.25, 0.3) is 0 Å². The van der Waals surface area contributed by atoms with Gasteiger partial charge in [-0.1, -0.05) is 24.3 Å². The third kappa shape index (κ3) is 3.59. The number of likely N-dealkylation sites (tertiary alicyclic amines) is 1. The molecule has 1 spiro atoms. The molecule has 2 heterocycles. The summed E-state index contributed by atoms with van der Waals surface area (Å²) in [6.45, 7) is 1.78. The Morgan fingerprint density at radius 1 is 1.18 bits per heavy atom. The molecule has 2 saturated carbocycles. The Hall–Kier alpha value is -3.04. The summed E-state index contributed by atoms with van der Waals surface area (Å²) < 4.78 is 46.9. The van der Waals surface area contributed by atoms with E-state index in [2.05, 4.69) is 4.90 Å². The van der Waals surface area contributed by atoms with Crippen LogP contribution in [0.5, 0.6) is 11.5 Å². The molecule has 1 amide bonds. The molecule has 0 radical (unpaired) electrons. The van der Waals surface area contributed by atoms with Crippen molar-refractivity contribution in [3.8, 4) is 11.5 Å². The summed E-state index contributed by atoms with van der Waals surface area (Å²) in [6, 6.07) is 8.25. The number of halogens is 3. The van der Waals surface area contributed by atoms with Crippen molar-refractivity contribution in [2.24, 2.45) is 5.92 Å². The number of aliphatic hydroxyl groups is 1. The summed E-state index contributed by atoms with van der Waals surface area (Å²) in [6.07, 6.45) is 2.01. The van der Waals surface area contributed by atoms with Crippen molar-refractivity contribution in [1.82, 2.24) is 9.80 Å². The smallest absolute Gasteiger partial charge is 0.416 e. The maximum absolute atomic E-state index is 13.5. The maximum atomic E-state index is 13.5. The molecule has 2 aromatic carbocycles. The number of hydrogen-bond donors (Lipinski definition) is 2. The lowest BCUT2D eigenvalue weighted by Crippen LogP contribution is -2.78. The van der Waals surface area contributed by atoms with Crippen LogP contribution in [0.3, 0.4) is 0 Å². The quantitative estimate of drug-likeness (QED) is 0.532. The number of amides is 1. The second-order valence-corrected chi connectivity index (χ2v) is 12.3. The first-order valence-corrected chi connectivity index (χ1v) is 14.1. The lowest BCUT2D eigenvalue weighted by molar-refractivity contribution is -0.200. The third-order valence-electron chi connectivity index (χ3n) is 10.2. The average Bonchev–Trinajstić information content (AvgIpc) is 3.66. The van der Waals surface area contributed by atoms with E-state index >= 15 is 0 Å². The summed E-state index contributed by atoms with van der Waals surface area (Å²) in [5, 5.41) is 23.4. The first-order chi connectivity index (χ1) is 19.0. The Morgan fingerprint density at radius 2 is 1.95 bits per heavy atom. The lowest BCUT2D eigenvalue weighted by atomic mass is 9.48. The fourth-order valence-electron chi connectivity index (χ4n) is 8.19. The average molecular weight is 555 g/mol. The van der Waals surface area contributed by atoms with E-state index in [1.165, 1.54) is 48.1 Å². The molecule has 40 heavy (non-hydrogen) atoms. The number of alkyl halides is 3. The van der Waals surface area contributed by atoms with Crippen molar-refractivity contribution in [3.63, 3.8) is 0 Å². The molecule has 3 fully saturated rings. The van der Waals surface area contributed by atoms with Gasteiger partial charge in [-0.15, -0.1) is 0 Å². The Kier molecular flexibility index (Phi) is 5.65. The fourth-order valence-corrected chi connectivity index (χ4v) is 8.19. The summed E-state index contributed by atoms with van der Waals surface area (Å²) >= 11 is 0. The number of hydrogen-bond acceptors (Lipinski definition) is 5. The highest BCUT2D eigenvalue weighted by molar-refractivity contribution is 5.92. The molecule has 7 rings (SSSR count). The van der Waals surface area contributed by atoms with E-state index in [9.17, 15) is 28.2 Å². The van der Waals surface area contributed by atoms with Crippen molar-refractivity contribution in [3.05, 3.63) is 64.7 Å². The Balaban J connectivity index is 1.23. The van der Waals surface area contributed by atoms with Crippen LogP contribution >= 0.6 is 0 Å². The molecule has 2 aliphatic heterocycles. The molecular weight excluding hydrogens is 521 g/mol. The monoisotopic (exact) mass is 554 g/mol. The van der Waals surface area contributed by atoms with E-state index in [4.69, 9.17) is 4.74 Å². The fraction of sp³-hybridized carbons (Fsp3) is 0.516. The molecule has 6 nitrogen and oxygen atoms in total. The molecule has 2 bridgehead atoms. The summed E-state index contributed by atoms with van der Waals surface area (Å²) in [4.78, 5) is 17.4. The van der Waals surface area contributed by atoms with E-state index in [0.29, 0.717) is 37.4 Å². The molecular formula is C31H33F3N2O4. The third-order valence-corrected chi connectivity index (χ3v) is 10.2. The maximum Gasteiger partial charge on any atom is 0.416 e. The van der Waals surface area contributed by atoms with Crippen LogP contribution in [0.4, 0.5) is 13.2 Å². The van der Waals surface area contributed by atoms with Crippen LogP contribution in [0.15, 0.2) is 42.5 Å². The number of carbonyl (C=O) groups excluding carboxylic acids is 1. The van der Waals surface area contributed by atoms with Crippen LogP contribution in [-0.4, -0.2) is 69.8 Å². The highest BCUT2D eigenvalue weighted by Crippen LogP contribution is 2.66. The first kappa shape index (κ1) is 25.9. The normalized spacial score (nSPS) is 32.6. The summed E-state index contributed by atoms with van der Waals surface area (Å²) in [5.41, 5.74) is -0.772. The topological polar surface area (TPSA) is 73.2 Å². The van der Waals surface area contributed by atoms with Gasteiger partial charge in [0.15, 0.2) is 11.5 Å². The van der Waals surface area contributed by atoms with Crippen LogP contribution in [0.1, 0.15) is 54.4 Å². The van der Waals surface area contributed by atoms with Crippen LogP contribution in [0.25, 0.3) is 6.08 Å². The van der Waals surface area contributed by atoms with Crippen LogP contribution < -0.4 is 4.74 Å². The second kappa shape index (κ2) is 8.73. The zero-order valence-electron chi connectivity index (χ0n) is 22.3. The van der Waals surface area contributed by atoms with Gasteiger partial charge in [0.05, 0.1) is 22.6 Å². The molecule has 9 heteroatoms. The number of aromatic hydroxyl groups is 1. The van der Waals surface area contributed by atoms with Crippen LogP contribution in [0.2, 0.25) is 0 Å². The number of benzene rings is 2. The van der Waals surface area contributed by atoms with Gasteiger partial charge in [0, 0.05) is 31.3 Å². The second-order valence-electron chi connectivity index (χ2n) is 12.3. The van der Waals surface area contributed by atoms with Gasteiger partial charge in [0.2, 0.25) is 5.91 Å². The molecule has 5 atom stereocenters. The zero-order chi connectivity index (χ0) is 28.0. The number of rotatable bonds is 5. The van der Waals surface area contributed by atoms with Gasteiger partial charge in [-0.3, -0.25) is 9.69 Å². The van der Waals surface area contributed by atoms with Gasteiger partial charge < -0.3 is 19.8 Å². The van der Waals surface area contributed by atoms with Crippen LogP contribution in [0, 0.1) is 5.92 Å². The minimum absolute atomic E-state index is 0.0279. The minimum Gasteiger partial charge on any atom is -0.504 e. The van der Waals surface area contributed by atoms with Crippen molar-refractivity contribution in [2.75, 3.05) is 20.1 Å². The van der Waals surface area contributed by atoms with E-state index in [0.717, 1.165) is 30.3 Å². The van der Waals surface area contributed by atoms with Gasteiger partial charge >= 0.3 is 6.18 Å². The van der Waals surface area contributed by atoms with E-state index in [1.54, 1.807) is 13.1 Å². The van der Waals surface area contributed by atoms with Gasteiger partial charge in [-0.05, 0) is 80.3 Å². The molecule has 0 aromatic heterocycles. The standard InChI is InChI=1S/C31H33F3N2O4/c1-35(25(38)11-9-19-4-2-3-5-21(19)31(32,33)34)22-12-13-30(39)24-16-20-8-10-23(37)27-26(20)29(30,28(22)40-27)14-15-36(24)17-18-6-7-18/h2-5,8-11,18,22,24,28,37,39H,6-7,12-17H2,1H3/b11-9+/t22?,24-,28?,29+,30?/m1/s1. The van der Waals surface area contributed by atoms with Crippen molar-refractivity contribution >= 4 is 12.0 Å². The molecule has 2 aromatic rings. The molecule has 3 aliphatic carbocycles. The Bertz CT molecular complexity index is 1410. The summed E-state index contributed by atoms with van der Waals surface area (Å²) in [5.74, 6) is 0.670. The molecule has 212 valence electrons. The highest BCUT2D eigenvalue weighted by atomic mass is 19.4. The van der Waals surface area contributed by atoms with E-state index < -0.39 is 40.8 Å². The van der Waals surface area contributed by atoms with E-state index in [-0.39, 0.29) is 17.4 Å². The molecule has 1 saturated heterocycles. The zero-order valence-corrected chi connectivity index (χ0v) is 22.3. The predicted molar refractivity (Wildman–Crippen MR) is 142 cm³/mol. The van der Waals surface area contributed by atoms with Crippen molar-refractivity contribution < 1.29 is 32.9 Å². The number of carbonyl (C=O) groups is 1. The molecule has 2 N–H and O–H groups in total. The van der Waals surface area contributed by atoms with Crippen molar-refractivity contribution in [2.45, 2.75) is 73.9 Å². The Morgan fingerprint density at radius 3 is 2.70 bits per heavy atom. The van der Waals surface area contributed by atoms with Gasteiger partial charge in [-0.2, -0.15) is 13.2 Å². The summed E-state index contributed by atoms with van der Waals surface area (Å²) in [7, 11) is 1.64. The van der Waals surface area contributed by atoms with Gasteiger partial charge in [0.1, 0.15) is 6.10 Å². The van der Waals surface area contributed by atoms with Gasteiger partial charge in [-0.25, -0.2) is 0 Å². The Labute approximate surface area is 231 Å². The van der Waals surface area contributed by atoms with Crippen molar-refractivity contribution in [1.29, 1.82) is 0 Å². The SMILES string of the molecule is CN(C(=O)/C=C/c1ccccc1C(F)(F)F)C1CCC2(O)[C@H]3Cc4ccc(O)c5c4[C@@]2(CCN3CC2CC2)C1O5. The van der Waals surface area contributed by atoms with Crippen LogP contribution in [-0.2, 0) is 22.8 Å². The minimum atomic E-state index is -4.53. The number of phenolic OH excluding ortho intramolecular Hbond substituents is 1. The number of piperidine rings is 1. The largest absolute Gasteiger partial charge is 0.504 e. The number of ether oxygens (including phenoxy) is 1.